The maximum Gasteiger partial charge on any atom is 0.256 e. The number of allylic oxidation sites excluding steroid dienone is 1. The highest BCUT2D eigenvalue weighted by atomic mass is 16.8. The van der Waals surface area contributed by atoms with E-state index in [0.717, 1.165) is 0 Å². The summed E-state index contributed by atoms with van der Waals surface area (Å²) in [5.74, 6) is 0.126. The monoisotopic (exact) mass is 200 g/mol. The summed E-state index contributed by atoms with van der Waals surface area (Å²) in [4.78, 5) is 0. The van der Waals surface area contributed by atoms with Crippen molar-refractivity contribution in [2.75, 3.05) is 6.61 Å². The Balaban J connectivity index is 2.68. The van der Waals surface area contributed by atoms with Gasteiger partial charge in [-0.2, -0.15) is 5.26 Å². The van der Waals surface area contributed by atoms with Gasteiger partial charge in [-0.1, -0.05) is 0 Å². The molecule has 0 aliphatic carbocycles. The molecule has 0 aromatic heterocycles. The van der Waals surface area contributed by atoms with Gasteiger partial charge in [0.25, 0.3) is 6.29 Å². The largest absolute Gasteiger partial charge is 0.600 e. The van der Waals surface area contributed by atoms with Crippen LogP contribution in [0.5, 0.6) is 0 Å². The average Bonchev–Trinajstić information content (AvgIpc) is 2.17. The summed E-state index contributed by atoms with van der Waals surface area (Å²) in [5.41, 5.74) is 0. The molecule has 0 fully saturated rings. The van der Waals surface area contributed by atoms with Gasteiger partial charge < -0.3 is 14.7 Å². The molecule has 78 valence electrons. The highest BCUT2D eigenvalue weighted by Gasteiger charge is 2.33. The fraction of sp³-hybridized carbons (Fsp3) is 0.625. The first-order valence-corrected chi connectivity index (χ1v) is 4.30. The molecule has 1 aliphatic heterocycles. The van der Waals surface area contributed by atoms with Gasteiger partial charge in [-0.15, -0.1) is 0 Å². The SMILES string of the molecule is CCO[C@H]1OC(C#N)=CC[C@@H]1[NH+]([O-])O. The van der Waals surface area contributed by atoms with Gasteiger partial charge in [0.2, 0.25) is 0 Å². The molecule has 1 unspecified atom stereocenters. The summed E-state index contributed by atoms with van der Waals surface area (Å²) in [5, 5.41) is 27.2. The van der Waals surface area contributed by atoms with Crippen LogP contribution >= 0.6 is 0 Å². The lowest BCUT2D eigenvalue weighted by atomic mass is 10.1. The summed E-state index contributed by atoms with van der Waals surface area (Å²) in [6, 6.07) is 1.09. The second kappa shape index (κ2) is 4.93. The van der Waals surface area contributed by atoms with E-state index < -0.39 is 17.6 Å². The van der Waals surface area contributed by atoms with Gasteiger partial charge in [-0.05, 0) is 13.0 Å². The maximum absolute atomic E-state index is 10.8. The molecule has 0 aromatic carbocycles. The number of nitrogens with zero attached hydrogens (tertiary/aromatic N) is 1. The van der Waals surface area contributed by atoms with Crippen LogP contribution < -0.4 is 5.23 Å². The summed E-state index contributed by atoms with van der Waals surface area (Å²) in [6.45, 7) is 2.10. The lowest BCUT2D eigenvalue weighted by Gasteiger charge is -2.32. The van der Waals surface area contributed by atoms with E-state index >= 15 is 0 Å². The van der Waals surface area contributed by atoms with Gasteiger partial charge in [-0.3, -0.25) is 0 Å². The normalized spacial score (nSPS) is 28.6. The Morgan fingerprint density at radius 3 is 3.14 bits per heavy atom. The topological polar surface area (TPSA) is 90.0 Å². The molecule has 0 amide bonds. The Bertz CT molecular complexity index is 259. The predicted octanol–water partition coefficient (Wildman–Crippen LogP) is -0.683. The van der Waals surface area contributed by atoms with E-state index in [2.05, 4.69) is 0 Å². The van der Waals surface area contributed by atoms with E-state index in [-0.39, 0.29) is 12.2 Å². The lowest BCUT2D eigenvalue weighted by molar-refractivity contribution is -1.07. The third-order valence-corrected chi connectivity index (χ3v) is 1.89. The average molecular weight is 200 g/mol. The lowest BCUT2D eigenvalue weighted by Crippen LogP contribution is -3.10. The molecule has 6 nitrogen and oxygen atoms in total. The van der Waals surface area contributed by atoms with E-state index in [1.165, 1.54) is 6.08 Å². The van der Waals surface area contributed by atoms with Crippen molar-refractivity contribution in [3.8, 4) is 6.07 Å². The van der Waals surface area contributed by atoms with Gasteiger partial charge in [0, 0.05) is 13.0 Å². The van der Waals surface area contributed by atoms with Crippen LogP contribution in [0, 0.1) is 16.5 Å². The number of hydroxylamine groups is 2. The number of rotatable bonds is 3. The number of ether oxygens (including phenoxy) is 2. The third-order valence-electron chi connectivity index (χ3n) is 1.89. The molecule has 1 rings (SSSR count). The first-order chi connectivity index (χ1) is 6.69. The van der Waals surface area contributed by atoms with Crippen LogP contribution in [0.25, 0.3) is 0 Å². The zero-order valence-electron chi connectivity index (χ0n) is 7.77. The summed E-state index contributed by atoms with van der Waals surface area (Å²) >= 11 is 0. The van der Waals surface area contributed by atoms with Crippen LogP contribution in [-0.4, -0.2) is 24.1 Å². The first-order valence-electron chi connectivity index (χ1n) is 4.30. The molecule has 14 heavy (non-hydrogen) atoms. The van der Waals surface area contributed by atoms with E-state index in [0.29, 0.717) is 6.61 Å². The van der Waals surface area contributed by atoms with E-state index in [1.807, 2.05) is 6.07 Å². The molecule has 1 heterocycles. The van der Waals surface area contributed by atoms with Crippen LogP contribution in [0.1, 0.15) is 13.3 Å². The predicted molar refractivity (Wildman–Crippen MR) is 44.7 cm³/mol. The number of nitrogens with one attached hydrogen (secondary N) is 1. The molecule has 0 radical (unpaired) electrons. The van der Waals surface area contributed by atoms with Crippen molar-refractivity contribution in [2.45, 2.75) is 25.7 Å². The number of hydrogen-bond donors (Lipinski definition) is 2. The minimum Gasteiger partial charge on any atom is -0.600 e. The smallest absolute Gasteiger partial charge is 0.256 e. The number of quaternary nitrogens is 1. The number of nitriles is 1. The minimum absolute atomic E-state index is 0.126. The second-order valence-electron chi connectivity index (χ2n) is 2.80. The summed E-state index contributed by atoms with van der Waals surface area (Å²) in [6.07, 6.45) is 0.883. The molecule has 1 aliphatic rings. The molecular weight excluding hydrogens is 188 g/mol. The van der Waals surface area contributed by atoms with Crippen LogP contribution in [0.15, 0.2) is 11.8 Å². The molecule has 0 aromatic rings. The van der Waals surface area contributed by atoms with Crippen molar-refractivity contribution in [2.24, 2.45) is 0 Å². The second-order valence-corrected chi connectivity index (χ2v) is 2.80. The zero-order valence-corrected chi connectivity index (χ0v) is 7.77. The molecule has 2 N–H and O–H groups in total. The third kappa shape index (κ3) is 2.43. The molecule has 0 saturated carbocycles. The summed E-state index contributed by atoms with van der Waals surface area (Å²) < 4.78 is 10.1. The van der Waals surface area contributed by atoms with E-state index in [9.17, 15) is 5.21 Å². The fourth-order valence-corrected chi connectivity index (χ4v) is 1.20. The highest BCUT2D eigenvalue weighted by molar-refractivity contribution is 5.15. The summed E-state index contributed by atoms with van der Waals surface area (Å²) in [7, 11) is 0. The van der Waals surface area contributed by atoms with Crippen LogP contribution in [-0.2, 0) is 9.47 Å². The number of hydrogen-bond acceptors (Lipinski definition) is 5. The van der Waals surface area contributed by atoms with E-state index in [1.54, 1.807) is 6.92 Å². The molecule has 6 heteroatoms. The Hall–Kier alpha value is -1.13. The Labute approximate surface area is 81.5 Å². The van der Waals surface area contributed by atoms with Crippen LogP contribution in [0.2, 0.25) is 0 Å². The van der Waals surface area contributed by atoms with Crippen molar-refractivity contribution >= 4 is 0 Å². The fourth-order valence-electron chi connectivity index (χ4n) is 1.20. The van der Waals surface area contributed by atoms with Crippen molar-refractivity contribution in [3.05, 3.63) is 17.0 Å². The van der Waals surface area contributed by atoms with Crippen molar-refractivity contribution in [1.29, 1.82) is 5.26 Å². The Morgan fingerprint density at radius 2 is 2.64 bits per heavy atom. The standard InChI is InChI=1S/C8H12N2O4/c1-2-13-8-7(10(11)12)4-3-6(5-9)14-8/h3,7-8,10-11H,2,4H2,1H3/t7-,8-/m0/s1. The first kappa shape index (κ1) is 10.9. The van der Waals surface area contributed by atoms with Crippen molar-refractivity contribution < 1.29 is 19.9 Å². The van der Waals surface area contributed by atoms with Crippen molar-refractivity contribution in [3.63, 3.8) is 0 Å². The molecule has 0 saturated heterocycles. The van der Waals surface area contributed by atoms with Crippen LogP contribution in [0.4, 0.5) is 0 Å². The van der Waals surface area contributed by atoms with Gasteiger partial charge in [0.1, 0.15) is 6.07 Å². The molecule has 3 atom stereocenters. The van der Waals surface area contributed by atoms with Gasteiger partial charge >= 0.3 is 0 Å². The molecule has 0 spiro atoms. The maximum atomic E-state index is 10.8. The van der Waals surface area contributed by atoms with Gasteiger partial charge in [0.05, 0.1) is 0 Å². The zero-order chi connectivity index (χ0) is 10.6. The molecular formula is C8H12N2O4. The van der Waals surface area contributed by atoms with Gasteiger partial charge in [0.15, 0.2) is 11.8 Å². The quantitative estimate of drug-likeness (QED) is 0.589. The minimum atomic E-state index is -0.975. The molecule has 0 bridgehead atoms. The highest BCUT2D eigenvalue weighted by Crippen LogP contribution is 2.16. The van der Waals surface area contributed by atoms with Crippen LogP contribution in [0.3, 0.4) is 0 Å². The Kier molecular flexibility index (Phi) is 3.85. The van der Waals surface area contributed by atoms with E-state index in [4.69, 9.17) is 19.9 Å². The van der Waals surface area contributed by atoms with Gasteiger partial charge in [-0.25, -0.2) is 10.4 Å². The Morgan fingerprint density at radius 1 is 1.93 bits per heavy atom. The van der Waals surface area contributed by atoms with Crippen molar-refractivity contribution in [1.82, 2.24) is 0 Å².